The van der Waals surface area contributed by atoms with Gasteiger partial charge in [0.1, 0.15) is 0 Å². The van der Waals surface area contributed by atoms with Crippen molar-refractivity contribution in [3.63, 3.8) is 0 Å². The molecule has 90 valence electrons. The summed E-state index contributed by atoms with van der Waals surface area (Å²) in [4.78, 5) is 2.26. The molecule has 1 aromatic carbocycles. The number of nitrogens with two attached hydrogens (primary N) is 1. The van der Waals surface area contributed by atoms with Crippen LogP contribution in [0, 0.1) is 6.92 Å². The van der Waals surface area contributed by atoms with Crippen LogP contribution in [0.15, 0.2) is 18.2 Å². The van der Waals surface area contributed by atoms with Crippen molar-refractivity contribution in [1.29, 1.82) is 0 Å². The molecular formula is C13H22N2O. The fourth-order valence-corrected chi connectivity index (χ4v) is 1.86. The summed E-state index contributed by atoms with van der Waals surface area (Å²) in [6.45, 7) is 9.59. The van der Waals surface area contributed by atoms with Gasteiger partial charge in [0.05, 0.1) is 18.0 Å². The molecule has 1 rings (SSSR count). The zero-order chi connectivity index (χ0) is 12.0. The van der Waals surface area contributed by atoms with Gasteiger partial charge in [-0.05, 0) is 32.4 Å². The Hall–Kier alpha value is -1.22. The first-order valence-corrected chi connectivity index (χ1v) is 5.88. The molecule has 0 bridgehead atoms. The number of anilines is 2. The second-order valence-electron chi connectivity index (χ2n) is 3.79. The number of hydrogen-bond donors (Lipinski definition) is 1. The lowest BCUT2D eigenvalue weighted by atomic mass is 10.1. The maximum atomic E-state index is 6.02. The van der Waals surface area contributed by atoms with Crippen molar-refractivity contribution >= 4 is 11.4 Å². The second-order valence-corrected chi connectivity index (χ2v) is 3.79. The molecule has 0 radical (unpaired) electrons. The molecule has 3 nitrogen and oxygen atoms in total. The number of hydrogen-bond acceptors (Lipinski definition) is 3. The number of ether oxygens (including phenoxy) is 1. The summed E-state index contributed by atoms with van der Waals surface area (Å²) < 4.78 is 5.38. The number of likely N-dealkylation sites (N-methyl/N-ethyl adjacent to an activating group) is 1. The first-order chi connectivity index (χ1) is 7.70. The monoisotopic (exact) mass is 222 g/mol. The first kappa shape index (κ1) is 12.8. The van der Waals surface area contributed by atoms with Crippen LogP contribution in [0.25, 0.3) is 0 Å². The Labute approximate surface area is 98.2 Å². The van der Waals surface area contributed by atoms with E-state index in [4.69, 9.17) is 10.5 Å². The van der Waals surface area contributed by atoms with Gasteiger partial charge in [0, 0.05) is 19.7 Å². The van der Waals surface area contributed by atoms with Crippen molar-refractivity contribution in [2.24, 2.45) is 0 Å². The van der Waals surface area contributed by atoms with Crippen molar-refractivity contribution in [3.8, 4) is 0 Å². The van der Waals surface area contributed by atoms with Crippen LogP contribution in [-0.2, 0) is 4.74 Å². The Morgan fingerprint density at radius 2 is 2.06 bits per heavy atom. The molecular weight excluding hydrogens is 200 g/mol. The molecule has 0 fully saturated rings. The second kappa shape index (κ2) is 6.38. The molecule has 0 amide bonds. The Balaban J connectivity index is 2.78. The molecule has 0 aliphatic rings. The summed E-state index contributed by atoms with van der Waals surface area (Å²) >= 11 is 0. The highest BCUT2D eigenvalue weighted by Gasteiger charge is 2.10. The standard InChI is InChI=1S/C13H22N2O/c1-4-15(9-10-16-5-2)13-11(3)7-6-8-12(13)14/h6-8H,4-5,9-10,14H2,1-3H3. The Bertz CT molecular complexity index is 305. The van der Waals surface area contributed by atoms with Crippen LogP contribution in [0.2, 0.25) is 0 Å². The third-order valence-corrected chi connectivity index (χ3v) is 2.68. The van der Waals surface area contributed by atoms with Crippen LogP contribution in [0.1, 0.15) is 19.4 Å². The van der Waals surface area contributed by atoms with E-state index in [9.17, 15) is 0 Å². The van der Waals surface area contributed by atoms with Gasteiger partial charge >= 0.3 is 0 Å². The maximum Gasteiger partial charge on any atom is 0.0641 e. The third-order valence-electron chi connectivity index (χ3n) is 2.68. The number of rotatable bonds is 6. The number of benzene rings is 1. The zero-order valence-corrected chi connectivity index (χ0v) is 10.5. The molecule has 1 aromatic rings. The SMILES string of the molecule is CCOCCN(CC)c1c(C)cccc1N. The quantitative estimate of drug-likeness (QED) is 0.593. The Morgan fingerprint density at radius 1 is 1.31 bits per heavy atom. The van der Waals surface area contributed by atoms with Gasteiger partial charge in [-0.25, -0.2) is 0 Å². The molecule has 0 atom stereocenters. The van der Waals surface area contributed by atoms with Crippen LogP contribution in [0.4, 0.5) is 11.4 Å². The summed E-state index contributed by atoms with van der Waals surface area (Å²) in [5.74, 6) is 0. The van der Waals surface area contributed by atoms with Crippen molar-refractivity contribution in [1.82, 2.24) is 0 Å². The van der Waals surface area contributed by atoms with E-state index >= 15 is 0 Å². The normalized spacial score (nSPS) is 10.4. The smallest absolute Gasteiger partial charge is 0.0641 e. The fourth-order valence-electron chi connectivity index (χ4n) is 1.86. The molecule has 16 heavy (non-hydrogen) atoms. The summed E-state index contributed by atoms with van der Waals surface area (Å²) in [6.07, 6.45) is 0. The van der Waals surface area contributed by atoms with E-state index in [1.54, 1.807) is 0 Å². The molecule has 0 aliphatic carbocycles. The van der Waals surface area contributed by atoms with E-state index in [1.807, 2.05) is 19.1 Å². The predicted octanol–water partition coefficient (Wildman–Crippen LogP) is 2.44. The maximum absolute atomic E-state index is 6.02. The minimum Gasteiger partial charge on any atom is -0.397 e. The lowest BCUT2D eigenvalue weighted by molar-refractivity contribution is 0.154. The molecule has 0 spiro atoms. The lowest BCUT2D eigenvalue weighted by Crippen LogP contribution is -2.28. The number of nitrogens with zero attached hydrogens (tertiary/aromatic N) is 1. The van der Waals surface area contributed by atoms with E-state index in [-0.39, 0.29) is 0 Å². The van der Waals surface area contributed by atoms with Crippen molar-refractivity contribution in [3.05, 3.63) is 23.8 Å². The van der Waals surface area contributed by atoms with Crippen LogP contribution in [0.5, 0.6) is 0 Å². The fraction of sp³-hybridized carbons (Fsp3) is 0.538. The van der Waals surface area contributed by atoms with Gasteiger partial charge in [0.15, 0.2) is 0 Å². The number of aryl methyl sites for hydroxylation is 1. The van der Waals surface area contributed by atoms with E-state index in [0.29, 0.717) is 0 Å². The van der Waals surface area contributed by atoms with Crippen LogP contribution < -0.4 is 10.6 Å². The number of nitrogen functional groups attached to an aromatic ring is 1. The van der Waals surface area contributed by atoms with E-state index in [1.165, 1.54) is 5.56 Å². The zero-order valence-electron chi connectivity index (χ0n) is 10.5. The molecule has 0 aromatic heterocycles. The van der Waals surface area contributed by atoms with Crippen LogP contribution in [0.3, 0.4) is 0 Å². The van der Waals surface area contributed by atoms with Crippen molar-refractivity contribution < 1.29 is 4.74 Å². The minimum absolute atomic E-state index is 0.748. The largest absolute Gasteiger partial charge is 0.397 e. The highest BCUT2D eigenvalue weighted by atomic mass is 16.5. The van der Waals surface area contributed by atoms with Gasteiger partial charge in [0.2, 0.25) is 0 Å². The Morgan fingerprint density at radius 3 is 2.62 bits per heavy atom. The Kier molecular flexibility index (Phi) is 5.12. The van der Waals surface area contributed by atoms with Crippen LogP contribution >= 0.6 is 0 Å². The van der Waals surface area contributed by atoms with Gasteiger partial charge in [0.25, 0.3) is 0 Å². The molecule has 3 heteroatoms. The minimum atomic E-state index is 0.748. The lowest BCUT2D eigenvalue weighted by Gasteiger charge is -2.26. The van der Waals surface area contributed by atoms with E-state index < -0.39 is 0 Å². The van der Waals surface area contributed by atoms with E-state index in [2.05, 4.69) is 24.8 Å². The van der Waals surface area contributed by atoms with Crippen LogP contribution in [-0.4, -0.2) is 26.3 Å². The van der Waals surface area contributed by atoms with Gasteiger partial charge in [-0.3, -0.25) is 0 Å². The summed E-state index contributed by atoms with van der Waals surface area (Å²) in [5, 5.41) is 0. The molecule has 0 saturated carbocycles. The molecule has 0 aliphatic heterocycles. The average Bonchev–Trinajstić information content (AvgIpc) is 2.26. The third kappa shape index (κ3) is 3.14. The average molecular weight is 222 g/mol. The topological polar surface area (TPSA) is 38.5 Å². The van der Waals surface area contributed by atoms with Gasteiger partial charge in [-0.1, -0.05) is 12.1 Å². The van der Waals surface area contributed by atoms with Gasteiger partial charge < -0.3 is 15.4 Å². The molecule has 0 saturated heterocycles. The summed E-state index contributed by atoms with van der Waals surface area (Å²) in [5.41, 5.74) is 9.23. The molecule has 2 N–H and O–H groups in total. The van der Waals surface area contributed by atoms with Gasteiger partial charge in [-0.2, -0.15) is 0 Å². The molecule has 0 unspecified atom stereocenters. The van der Waals surface area contributed by atoms with Gasteiger partial charge in [-0.15, -0.1) is 0 Å². The highest BCUT2D eigenvalue weighted by Crippen LogP contribution is 2.26. The highest BCUT2D eigenvalue weighted by molar-refractivity contribution is 5.71. The predicted molar refractivity (Wildman–Crippen MR) is 70.0 cm³/mol. The van der Waals surface area contributed by atoms with Crippen molar-refractivity contribution in [2.75, 3.05) is 36.9 Å². The number of para-hydroxylation sites is 1. The molecule has 0 heterocycles. The van der Waals surface area contributed by atoms with E-state index in [0.717, 1.165) is 37.7 Å². The summed E-state index contributed by atoms with van der Waals surface area (Å²) in [6, 6.07) is 6.03. The first-order valence-electron chi connectivity index (χ1n) is 5.88. The van der Waals surface area contributed by atoms with Crippen molar-refractivity contribution in [2.45, 2.75) is 20.8 Å². The summed E-state index contributed by atoms with van der Waals surface area (Å²) in [7, 11) is 0.